The first-order chi connectivity index (χ1) is 12.9. The van der Waals surface area contributed by atoms with Crippen LogP contribution in [0.25, 0.3) is 10.6 Å². The van der Waals surface area contributed by atoms with Gasteiger partial charge in [-0.05, 0) is 24.6 Å². The molecule has 0 spiro atoms. The number of aromatic nitrogens is 2. The average Bonchev–Trinajstić information content (AvgIpc) is 3.06. The third-order valence-corrected chi connectivity index (χ3v) is 5.70. The molecule has 1 aromatic carbocycles. The summed E-state index contributed by atoms with van der Waals surface area (Å²) in [4.78, 5) is 31.4. The van der Waals surface area contributed by atoms with Gasteiger partial charge < -0.3 is 14.6 Å². The predicted molar refractivity (Wildman–Crippen MR) is 104 cm³/mol. The lowest BCUT2D eigenvalue weighted by molar-refractivity contribution is 0.0683. The molecule has 2 aromatic heterocycles. The standard InChI is InChI=1S/C19H16ClN3O3S/c1-11-10-27-18(21-11)14-9-22-5-6-23(8-12-3-2-4-13(20)7-12)19(26)15(22)17(25)16(14)24/h2-4,7,9-10,25H,5-6,8H2,1H3. The third kappa shape index (κ3) is 3.24. The lowest BCUT2D eigenvalue weighted by Crippen LogP contribution is -2.41. The summed E-state index contributed by atoms with van der Waals surface area (Å²) in [6.45, 7) is 3.15. The number of pyridine rings is 1. The van der Waals surface area contributed by atoms with E-state index in [1.807, 2.05) is 24.4 Å². The molecule has 0 fully saturated rings. The molecule has 3 heterocycles. The molecule has 0 aliphatic carbocycles. The van der Waals surface area contributed by atoms with Gasteiger partial charge in [-0.25, -0.2) is 4.98 Å². The zero-order valence-corrected chi connectivity index (χ0v) is 16.0. The number of fused-ring (bicyclic) bond motifs is 1. The third-order valence-electron chi connectivity index (χ3n) is 4.47. The Kier molecular flexibility index (Phi) is 4.49. The molecule has 138 valence electrons. The molecule has 4 rings (SSSR count). The van der Waals surface area contributed by atoms with E-state index in [1.54, 1.807) is 27.8 Å². The fourth-order valence-electron chi connectivity index (χ4n) is 3.17. The number of benzene rings is 1. The van der Waals surface area contributed by atoms with E-state index in [0.29, 0.717) is 35.2 Å². The fraction of sp³-hybridized carbons (Fsp3) is 0.211. The van der Waals surface area contributed by atoms with Gasteiger partial charge in [0.15, 0.2) is 11.4 Å². The normalized spacial score (nSPS) is 13.7. The van der Waals surface area contributed by atoms with Crippen LogP contribution < -0.4 is 5.43 Å². The molecule has 3 aromatic rings. The first-order valence-corrected chi connectivity index (χ1v) is 9.62. The second-order valence-corrected chi connectivity index (χ2v) is 7.71. The first-order valence-electron chi connectivity index (χ1n) is 8.36. The summed E-state index contributed by atoms with van der Waals surface area (Å²) in [5.41, 5.74) is 1.45. The zero-order chi connectivity index (χ0) is 19.1. The Balaban J connectivity index is 1.71. The van der Waals surface area contributed by atoms with Crippen molar-refractivity contribution >= 4 is 28.8 Å². The minimum Gasteiger partial charge on any atom is -0.503 e. The molecular formula is C19H16ClN3O3S. The summed E-state index contributed by atoms with van der Waals surface area (Å²) in [6, 6.07) is 7.27. The summed E-state index contributed by atoms with van der Waals surface area (Å²) < 4.78 is 1.64. The quantitative estimate of drug-likeness (QED) is 0.730. The monoisotopic (exact) mass is 401 g/mol. The van der Waals surface area contributed by atoms with Gasteiger partial charge in [-0.2, -0.15) is 0 Å². The number of amides is 1. The van der Waals surface area contributed by atoms with Gasteiger partial charge in [0, 0.05) is 41.9 Å². The second kappa shape index (κ2) is 6.83. The van der Waals surface area contributed by atoms with E-state index in [-0.39, 0.29) is 11.6 Å². The molecule has 0 unspecified atom stereocenters. The van der Waals surface area contributed by atoms with E-state index in [1.165, 1.54) is 11.3 Å². The molecule has 0 saturated carbocycles. The van der Waals surface area contributed by atoms with Gasteiger partial charge in [0.1, 0.15) is 5.01 Å². The number of aromatic hydroxyl groups is 1. The number of hydrogen-bond acceptors (Lipinski definition) is 5. The fourth-order valence-corrected chi connectivity index (χ4v) is 4.18. The van der Waals surface area contributed by atoms with Crippen LogP contribution in [0.3, 0.4) is 0 Å². The Bertz CT molecular complexity index is 1110. The largest absolute Gasteiger partial charge is 0.503 e. The molecule has 1 aliphatic rings. The summed E-state index contributed by atoms with van der Waals surface area (Å²) in [6.07, 6.45) is 1.62. The van der Waals surface area contributed by atoms with Gasteiger partial charge in [0.25, 0.3) is 5.91 Å². The molecule has 6 nitrogen and oxygen atoms in total. The summed E-state index contributed by atoms with van der Waals surface area (Å²) in [5, 5.41) is 13.4. The average molecular weight is 402 g/mol. The molecule has 0 bridgehead atoms. The van der Waals surface area contributed by atoms with Crippen LogP contribution in [0.5, 0.6) is 5.75 Å². The smallest absolute Gasteiger partial charge is 0.274 e. The van der Waals surface area contributed by atoms with E-state index in [4.69, 9.17) is 11.6 Å². The Labute approximate surface area is 164 Å². The molecule has 0 atom stereocenters. The van der Waals surface area contributed by atoms with Gasteiger partial charge in [0.2, 0.25) is 5.43 Å². The van der Waals surface area contributed by atoms with E-state index in [2.05, 4.69) is 4.98 Å². The number of rotatable bonds is 3. The van der Waals surface area contributed by atoms with Crippen LogP contribution in [0.1, 0.15) is 21.7 Å². The number of thiazole rings is 1. The Morgan fingerprint density at radius 2 is 2.11 bits per heavy atom. The maximum Gasteiger partial charge on any atom is 0.274 e. The Morgan fingerprint density at radius 1 is 1.30 bits per heavy atom. The molecule has 0 radical (unpaired) electrons. The Hall–Kier alpha value is -2.64. The number of carbonyl (C=O) groups is 1. The summed E-state index contributed by atoms with van der Waals surface area (Å²) >= 11 is 7.35. The molecule has 1 amide bonds. The molecule has 27 heavy (non-hydrogen) atoms. The minimum absolute atomic E-state index is 0.0188. The van der Waals surface area contributed by atoms with Crippen molar-refractivity contribution in [1.82, 2.24) is 14.5 Å². The van der Waals surface area contributed by atoms with Gasteiger partial charge in [-0.3, -0.25) is 9.59 Å². The van der Waals surface area contributed by atoms with Crippen LogP contribution >= 0.6 is 22.9 Å². The van der Waals surface area contributed by atoms with Crippen molar-refractivity contribution < 1.29 is 9.90 Å². The second-order valence-electron chi connectivity index (χ2n) is 6.41. The predicted octanol–water partition coefficient (Wildman–Crippen LogP) is 3.30. The van der Waals surface area contributed by atoms with Crippen molar-refractivity contribution in [3.8, 4) is 16.3 Å². The van der Waals surface area contributed by atoms with Gasteiger partial charge in [-0.15, -0.1) is 11.3 Å². The SMILES string of the molecule is Cc1csc(-c2cn3c(c(O)c2=O)C(=O)N(Cc2cccc(Cl)c2)CC3)n1. The van der Waals surface area contributed by atoms with Crippen molar-refractivity contribution in [3.63, 3.8) is 0 Å². The number of hydrogen-bond donors (Lipinski definition) is 1. The van der Waals surface area contributed by atoms with E-state index in [0.717, 1.165) is 11.3 Å². The van der Waals surface area contributed by atoms with Crippen molar-refractivity contribution in [2.75, 3.05) is 6.54 Å². The van der Waals surface area contributed by atoms with E-state index in [9.17, 15) is 14.7 Å². The molecule has 1 aliphatic heterocycles. The maximum atomic E-state index is 12.9. The lowest BCUT2D eigenvalue weighted by Gasteiger charge is -2.30. The number of carbonyl (C=O) groups excluding carboxylic acids is 1. The van der Waals surface area contributed by atoms with Crippen LogP contribution in [0.15, 0.2) is 40.6 Å². The van der Waals surface area contributed by atoms with Crippen LogP contribution in [0.4, 0.5) is 0 Å². The molecule has 8 heteroatoms. The van der Waals surface area contributed by atoms with Crippen LogP contribution in [-0.4, -0.2) is 32.0 Å². The van der Waals surface area contributed by atoms with Crippen molar-refractivity contribution in [2.45, 2.75) is 20.0 Å². The number of nitrogens with zero attached hydrogens (tertiary/aromatic N) is 3. The van der Waals surface area contributed by atoms with Crippen molar-refractivity contribution in [2.24, 2.45) is 0 Å². The van der Waals surface area contributed by atoms with Crippen molar-refractivity contribution in [1.29, 1.82) is 0 Å². The molecule has 0 saturated heterocycles. The number of aryl methyl sites for hydroxylation is 1. The highest BCUT2D eigenvalue weighted by molar-refractivity contribution is 7.13. The van der Waals surface area contributed by atoms with Crippen molar-refractivity contribution in [3.05, 3.63) is 68.0 Å². The first kappa shape index (κ1) is 17.8. The minimum atomic E-state index is -0.575. The van der Waals surface area contributed by atoms with Gasteiger partial charge in [0.05, 0.1) is 5.56 Å². The van der Waals surface area contributed by atoms with E-state index >= 15 is 0 Å². The van der Waals surface area contributed by atoms with E-state index < -0.39 is 11.2 Å². The molecular weight excluding hydrogens is 386 g/mol. The molecule has 1 N–H and O–H groups in total. The maximum absolute atomic E-state index is 12.9. The Morgan fingerprint density at radius 3 is 2.81 bits per heavy atom. The van der Waals surface area contributed by atoms with Gasteiger partial charge in [-0.1, -0.05) is 23.7 Å². The summed E-state index contributed by atoms with van der Waals surface area (Å²) in [5.74, 6) is -0.904. The summed E-state index contributed by atoms with van der Waals surface area (Å²) in [7, 11) is 0. The van der Waals surface area contributed by atoms with Crippen LogP contribution in [0, 0.1) is 6.92 Å². The van der Waals surface area contributed by atoms with Crippen LogP contribution in [-0.2, 0) is 13.1 Å². The van der Waals surface area contributed by atoms with Gasteiger partial charge >= 0.3 is 0 Å². The topological polar surface area (TPSA) is 75.4 Å². The van der Waals surface area contributed by atoms with Crippen LogP contribution in [0.2, 0.25) is 5.02 Å². The lowest BCUT2D eigenvalue weighted by atomic mass is 10.1. The zero-order valence-electron chi connectivity index (χ0n) is 14.5. The highest BCUT2D eigenvalue weighted by atomic mass is 35.5. The highest BCUT2D eigenvalue weighted by Gasteiger charge is 2.30. The number of halogens is 1. The highest BCUT2D eigenvalue weighted by Crippen LogP contribution is 2.27.